The number of carbonyl (C=O) groups excluding carboxylic acids is 1. The topological polar surface area (TPSA) is 59.8 Å². The van der Waals surface area contributed by atoms with E-state index in [4.69, 9.17) is 0 Å². The predicted octanol–water partition coefficient (Wildman–Crippen LogP) is 4.20. The van der Waals surface area contributed by atoms with Crippen molar-refractivity contribution in [2.75, 3.05) is 5.32 Å². The van der Waals surface area contributed by atoms with Gasteiger partial charge in [-0.2, -0.15) is 0 Å². The molecule has 0 spiro atoms. The number of thioether (sulfide) groups is 1. The smallest absolute Gasteiger partial charge is 0.237 e. The summed E-state index contributed by atoms with van der Waals surface area (Å²) in [6.07, 6.45) is 0. The van der Waals surface area contributed by atoms with Gasteiger partial charge in [-0.15, -0.1) is 10.2 Å². The third-order valence-corrected chi connectivity index (χ3v) is 5.26. The normalized spacial score (nSPS) is 12.0. The Morgan fingerprint density at radius 1 is 1.19 bits per heavy atom. The molecule has 0 saturated carbocycles. The highest BCUT2D eigenvalue weighted by Gasteiger charge is 2.19. The Hall–Kier alpha value is -2.67. The summed E-state index contributed by atoms with van der Waals surface area (Å²) in [5.74, 6) is 0.232. The van der Waals surface area contributed by atoms with E-state index in [2.05, 4.69) is 15.5 Å². The second-order valence-electron chi connectivity index (χ2n) is 6.31. The van der Waals surface area contributed by atoms with Crippen molar-refractivity contribution in [1.29, 1.82) is 0 Å². The van der Waals surface area contributed by atoms with Gasteiger partial charge in [0.1, 0.15) is 11.6 Å². The average Bonchev–Trinajstić information content (AvgIpc) is 2.99. The van der Waals surface area contributed by atoms with E-state index in [1.807, 2.05) is 41.8 Å². The van der Waals surface area contributed by atoms with Crippen LogP contribution in [0.3, 0.4) is 0 Å². The van der Waals surface area contributed by atoms with E-state index < -0.39 is 5.25 Å². The molecule has 1 aromatic heterocycles. The lowest BCUT2D eigenvalue weighted by molar-refractivity contribution is -0.115. The lowest BCUT2D eigenvalue weighted by atomic mass is 10.2. The molecule has 0 radical (unpaired) electrons. The SMILES string of the molecule is Cc1ccc(NC(=O)[C@@H](C)Sc2nnc(C)n2Cc2ccccc2)cc1F. The standard InChI is InChI=1S/C20H21FN4OS/c1-13-9-10-17(11-18(13)21)22-19(26)14(2)27-20-24-23-15(3)25(20)12-16-7-5-4-6-8-16/h4-11,14H,12H2,1-3H3,(H,22,26)/t14-/m1/s1. The quantitative estimate of drug-likeness (QED) is 0.647. The number of carbonyl (C=O) groups is 1. The Balaban J connectivity index is 1.69. The van der Waals surface area contributed by atoms with Crippen molar-refractivity contribution >= 4 is 23.4 Å². The van der Waals surface area contributed by atoms with Crippen molar-refractivity contribution in [1.82, 2.24) is 14.8 Å². The molecule has 1 heterocycles. The molecule has 3 aromatic rings. The molecule has 0 aliphatic carbocycles. The number of aryl methyl sites for hydroxylation is 2. The van der Waals surface area contributed by atoms with E-state index in [0.717, 1.165) is 11.4 Å². The lowest BCUT2D eigenvalue weighted by Crippen LogP contribution is -2.23. The van der Waals surface area contributed by atoms with Gasteiger partial charge in [0.2, 0.25) is 5.91 Å². The number of nitrogens with zero attached hydrogens (tertiary/aromatic N) is 3. The van der Waals surface area contributed by atoms with Crippen LogP contribution in [0.25, 0.3) is 0 Å². The molecule has 7 heteroatoms. The Morgan fingerprint density at radius 2 is 1.93 bits per heavy atom. The summed E-state index contributed by atoms with van der Waals surface area (Å²) < 4.78 is 15.6. The van der Waals surface area contributed by atoms with Crippen LogP contribution < -0.4 is 5.32 Å². The van der Waals surface area contributed by atoms with Crippen LogP contribution in [0.2, 0.25) is 0 Å². The van der Waals surface area contributed by atoms with Crippen molar-refractivity contribution in [3.05, 3.63) is 71.3 Å². The Labute approximate surface area is 162 Å². The van der Waals surface area contributed by atoms with Gasteiger partial charge in [0.15, 0.2) is 5.16 Å². The zero-order valence-corrected chi connectivity index (χ0v) is 16.3. The van der Waals surface area contributed by atoms with Crippen molar-refractivity contribution in [3.8, 4) is 0 Å². The van der Waals surface area contributed by atoms with Crippen LogP contribution in [0.1, 0.15) is 23.9 Å². The summed E-state index contributed by atoms with van der Waals surface area (Å²) >= 11 is 1.33. The number of aromatic nitrogens is 3. The van der Waals surface area contributed by atoms with Gasteiger partial charge >= 0.3 is 0 Å². The maximum atomic E-state index is 13.7. The first-order chi connectivity index (χ1) is 12.9. The van der Waals surface area contributed by atoms with Crippen LogP contribution in [0.5, 0.6) is 0 Å². The van der Waals surface area contributed by atoms with E-state index in [9.17, 15) is 9.18 Å². The fraction of sp³-hybridized carbons (Fsp3) is 0.250. The zero-order chi connectivity index (χ0) is 19.4. The molecule has 0 fully saturated rings. The van der Waals surface area contributed by atoms with Gasteiger partial charge in [-0.25, -0.2) is 4.39 Å². The maximum Gasteiger partial charge on any atom is 0.237 e. The summed E-state index contributed by atoms with van der Waals surface area (Å²) in [5, 5.41) is 11.4. The first-order valence-electron chi connectivity index (χ1n) is 8.61. The number of halogens is 1. The van der Waals surface area contributed by atoms with Gasteiger partial charge in [-0.3, -0.25) is 4.79 Å². The molecular formula is C20H21FN4OS. The third-order valence-electron chi connectivity index (χ3n) is 4.18. The Kier molecular flexibility index (Phi) is 5.91. The van der Waals surface area contributed by atoms with Crippen LogP contribution in [0.15, 0.2) is 53.7 Å². The monoisotopic (exact) mass is 384 g/mol. The number of hydrogen-bond donors (Lipinski definition) is 1. The zero-order valence-electron chi connectivity index (χ0n) is 15.4. The Bertz CT molecular complexity index is 942. The molecule has 5 nitrogen and oxygen atoms in total. The first kappa shape index (κ1) is 19.1. The molecule has 0 bridgehead atoms. The molecule has 140 valence electrons. The largest absolute Gasteiger partial charge is 0.325 e. The molecule has 3 rings (SSSR count). The van der Waals surface area contributed by atoms with E-state index >= 15 is 0 Å². The van der Waals surface area contributed by atoms with E-state index in [1.165, 1.54) is 17.8 Å². The first-order valence-corrected chi connectivity index (χ1v) is 9.49. The van der Waals surface area contributed by atoms with Gasteiger partial charge in [0, 0.05) is 5.69 Å². The number of hydrogen-bond acceptors (Lipinski definition) is 4. The van der Waals surface area contributed by atoms with Gasteiger partial charge in [-0.1, -0.05) is 48.2 Å². The van der Waals surface area contributed by atoms with Crippen LogP contribution in [0, 0.1) is 19.7 Å². The fourth-order valence-corrected chi connectivity index (χ4v) is 3.42. The summed E-state index contributed by atoms with van der Waals surface area (Å²) in [5.41, 5.74) is 2.12. The van der Waals surface area contributed by atoms with Gasteiger partial charge in [0.05, 0.1) is 11.8 Å². The van der Waals surface area contributed by atoms with Crippen LogP contribution in [-0.4, -0.2) is 25.9 Å². The van der Waals surface area contributed by atoms with Crippen LogP contribution in [-0.2, 0) is 11.3 Å². The second-order valence-corrected chi connectivity index (χ2v) is 7.62. The highest BCUT2D eigenvalue weighted by Crippen LogP contribution is 2.24. The van der Waals surface area contributed by atoms with E-state index in [1.54, 1.807) is 26.0 Å². The van der Waals surface area contributed by atoms with Crippen LogP contribution in [0.4, 0.5) is 10.1 Å². The average molecular weight is 384 g/mol. The number of nitrogens with one attached hydrogen (secondary N) is 1. The highest BCUT2D eigenvalue weighted by molar-refractivity contribution is 8.00. The molecule has 0 saturated heterocycles. The third kappa shape index (κ3) is 4.74. The van der Waals surface area contributed by atoms with Crippen LogP contribution >= 0.6 is 11.8 Å². The van der Waals surface area contributed by atoms with Gasteiger partial charge in [-0.05, 0) is 44.0 Å². The summed E-state index contributed by atoms with van der Waals surface area (Å²) in [4.78, 5) is 12.5. The predicted molar refractivity (Wildman–Crippen MR) is 105 cm³/mol. The summed E-state index contributed by atoms with van der Waals surface area (Å²) in [7, 11) is 0. The van der Waals surface area contributed by atoms with Crippen molar-refractivity contribution in [2.45, 2.75) is 37.7 Å². The molecule has 2 aromatic carbocycles. The number of rotatable bonds is 6. The number of anilines is 1. The minimum Gasteiger partial charge on any atom is -0.325 e. The maximum absolute atomic E-state index is 13.7. The van der Waals surface area contributed by atoms with Crippen molar-refractivity contribution in [3.63, 3.8) is 0 Å². The highest BCUT2D eigenvalue weighted by atomic mass is 32.2. The summed E-state index contributed by atoms with van der Waals surface area (Å²) in [6, 6.07) is 14.7. The van der Waals surface area contributed by atoms with E-state index in [-0.39, 0.29) is 11.7 Å². The molecule has 1 atom stereocenters. The van der Waals surface area contributed by atoms with Crippen molar-refractivity contribution < 1.29 is 9.18 Å². The fourth-order valence-electron chi connectivity index (χ4n) is 2.52. The van der Waals surface area contributed by atoms with Gasteiger partial charge < -0.3 is 9.88 Å². The Morgan fingerprint density at radius 3 is 2.63 bits per heavy atom. The minimum atomic E-state index is -0.410. The molecule has 0 aliphatic rings. The molecular weight excluding hydrogens is 363 g/mol. The molecule has 0 unspecified atom stereocenters. The molecule has 1 N–H and O–H groups in total. The van der Waals surface area contributed by atoms with Gasteiger partial charge in [0.25, 0.3) is 0 Å². The molecule has 1 amide bonds. The molecule has 27 heavy (non-hydrogen) atoms. The second kappa shape index (κ2) is 8.35. The number of benzene rings is 2. The summed E-state index contributed by atoms with van der Waals surface area (Å²) in [6.45, 7) is 6.00. The lowest BCUT2D eigenvalue weighted by Gasteiger charge is -2.13. The van der Waals surface area contributed by atoms with Crippen molar-refractivity contribution in [2.24, 2.45) is 0 Å². The molecule has 0 aliphatic heterocycles. The van der Waals surface area contributed by atoms with E-state index in [0.29, 0.717) is 23.0 Å². The minimum absolute atomic E-state index is 0.213. The number of amides is 1.